The SMILES string of the molecule is CN1CCCCC1CNC(CC(N)=NO)c1ccccc1. The van der Waals surface area contributed by atoms with E-state index in [-0.39, 0.29) is 11.9 Å². The summed E-state index contributed by atoms with van der Waals surface area (Å²) in [5.74, 6) is 0.258. The van der Waals surface area contributed by atoms with Crippen molar-refractivity contribution in [3.8, 4) is 0 Å². The Morgan fingerprint density at radius 1 is 1.43 bits per heavy atom. The molecule has 2 rings (SSSR count). The van der Waals surface area contributed by atoms with E-state index in [1.807, 2.05) is 18.2 Å². The molecule has 1 heterocycles. The summed E-state index contributed by atoms with van der Waals surface area (Å²) in [5.41, 5.74) is 6.87. The third-order valence-electron chi connectivity index (χ3n) is 4.27. The molecule has 1 aromatic carbocycles. The summed E-state index contributed by atoms with van der Waals surface area (Å²) < 4.78 is 0. The maximum atomic E-state index is 8.82. The van der Waals surface area contributed by atoms with Crippen molar-refractivity contribution in [2.24, 2.45) is 10.9 Å². The van der Waals surface area contributed by atoms with Gasteiger partial charge in [-0.05, 0) is 32.0 Å². The van der Waals surface area contributed by atoms with Gasteiger partial charge in [0.25, 0.3) is 0 Å². The number of likely N-dealkylation sites (tertiary alicyclic amines) is 1. The Labute approximate surface area is 126 Å². The summed E-state index contributed by atoms with van der Waals surface area (Å²) in [7, 11) is 2.19. The van der Waals surface area contributed by atoms with Crippen LogP contribution in [0.4, 0.5) is 0 Å². The number of rotatable bonds is 6. The zero-order chi connectivity index (χ0) is 15.1. The van der Waals surface area contributed by atoms with Crippen molar-refractivity contribution in [3.05, 3.63) is 35.9 Å². The van der Waals surface area contributed by atoms with Crippen LogP contribution < -0.4 is 11.1 Å². The second-order valence-electron chi connectivity index (χ2n) is 5.80. The van der Waals surface area contributed by atoms with E-state index in [9.17, 15) is 0 Å². The van der Waals surface area contributed by atoms with Gasteiger partial charge in [0.2, 0.25) is 0 Å². The van der Waals surface area contributed by atoms with Gasteiger partial charge in [-0.3, -0.25) is 0 Å². The lowest BCUT2D eigenvalue weighted by Gasteiger charge is -2.34. The molecule has 0 bridgehead atoms. The first-order valence-electron chi connectivity index (χ1n) is 7.65. The molecule has 0 saturated carbocycles. The maximum Gasteiger partial charge on any atom is 0.141 e. The summed E-state index contributed by atoms with van der Waals surface area (Å²) in [6, 6.07) is 10.8. The quantitative estimate of drug-likeness (QED) is 0.324. The van der Waals surface area contributed by atoms with Crippen molar-refractivity contribution in [2.45, 2.75) is 37.8 Å². The lowest BCUT2D eigenvalue weighted by molar-refractivity contribution is 0.178. The molecule has 2 unspecified atom stereocenters. The van der Waals surface area contributed by atoms with Gasteiger partial charge in [0.15, 0.2) is 0 Å². The third-order valence-corrected chi connectivity index (χ3v) is 4.27. The van der Waals surface area contributed by atoms with Crippen LogP contribution in [0.25, 0.3) is 0 Å². The Balaban J connectivity index is 1.98. The lowest BCUT2D eigenvalue weighted by atomic mass is 10.00. The van der Waals surface area contributed by atoms with Gasteiger partial charge in [-0.25, -0.2) is 0 Å². The molecule has 1 aliphatic heterocycles. The van der Waals surface area contributed by atoms with Crippen molar-refractivity contribution in [1.29, 1.82) is 0 Å². The number of amidine groups is 1. The molecule has 5 heteroatoms. The predicted octanol–water partition coefficient (Wildman–Crippen LogP) is 1.94. The standard InChI is InChI=1S/C16H26N4O/c1-20-10-6-5-9-14(20)12-18-15(11-16(17)19-21)13-7-3-2-4-8-13/h2-4,7-8,14-15,18,21H,5-6,9-12H2,1H3,(H2,17,19). The van der Waals surface area contributed by atoms with E-state index in [1.54, 1.807) is 0 Å². The van der Waals surface area contributed by atoms with Crippen molar-refractivity contribution in [2.75, 3.05) is 20.1 Å². The molecular formula is C16H26N4O. The van der Waals surface area contributed by atoms with Crippen LogP contribution in [-0.4, -0.2) is 42.1 Å². The molecule has 5 nitrogen and oxygen atoms in total. The highest BCUT2D eigenvalue weighted by Gasteiger charge is 2.21. The van der Waals surface area contributed by atoms with Gasteiger partial charge in [-0.2, -0.15) is 0 Å². The molecule has 21 heavy (non-hydrogen) atoms. The molecule has 1 saturated heterocycles. The first-order chi connectivity index (χ1) is 10.2. The average molecular weight is 290 g/mol. The van der Waals surface area contributed by atoms with E-state index < -0.39 is 0 Å². The Kier molecular flexibility index (Phi) is 6.02. The number of oxime groups is 1. The zero-order valence-corrected chi connectivity index (χ0v) is 12.7. The number of benzene rings is 1. The summed E-state index contributed by atoms with van der Waals surface area (Å²) in [5, 5.41) is 15.5. The van der Waals surface area contributed by atoms with E-state index in [4.69, 9.17) is 10.9 Å². The van der Waals surface area contributed by atoms with Crippen molar-refractivity contribution in [1.82, 2.24) is 10.2 Å². The topological polar surface area (TPSA) is 73.9 Å². The van der Waals surface area contributed by atoms with Gasteiger partial charge in [0, 0.05) is 25.0 Å². The number of likely N-dealkylation sites (N-methyl/N-ethyl adjacent to an activating group) is 1. The Bertz CT molecular complexity index is 449. The van der Waals surface area contributed by atoms with E-state index in [1.165, 1.54) is 31.4 Å². The highest BCUT2D eigenvalue weighted by molar-refractivity contribution is 5.80. The number of nitrogens with zero attached hydrogens (tertiary/aromatic N) is 2. The average Bonchev–Trinajstić information content (AvgIpc) is 2.53. The Hall–Kier alpha value is -1.59. The van der Waals surface area contributed by atoms with Gasteiger partial charge < -0.3 is 21.2 Å². The fourth-order valence-electron chi connectivity index (χ4n) is 2.92. The molecule has 1 aromatic rings. The van der Waals surface area contributed by atoms with Crippen LogP contribution in [-0.2, 0) is 0 Å². The first kappa shape index (κ1) is 15.8. The molecule has 0 aromatic heterocycles. The van der Waals surface area contributed by atoms with Crippen LogP contribution in [0.1, 0.15) is 37.3 Å². The second-order valence-corrected chi connectivity index (χ2v) is 5.80. The smallest absolute Gasteiger partial charge is 0.141 e. The Morgan fingerprint density at radius 2 is 2.19 bits per heavy atom. The number of nitrogens with two attached hydrogens (primary N) is 1. The normalized spacial score (nSPS) is 22.1. The minimum atomic E-state index is 0.0810. The third kappa shape index (κ3) is 4.72. The van der Waals surface area contributed by atoms with Gasteiger partial charge in [-0.1, -0.05) is 41.9 Å². The van der Waals surface area contributed by atoms with Crippen LogP contribution in [0.2, 0.25) is 0 Å². The highest BCUT2D eigenvalue weighted by atomic mass is 16.4. The zero-order valence-electron chi connectivity index (χ0n) is 12.7. The van der Waals surface area contributed by atoms with Crippen molar-refractivity contribution < 1.29 is 5.21 Å². The summed E-state index contributed by atoms with van der Waals surface area (Å²) in [6.07, 6.45) is 4.33. The first-order valence-corrected chi connectivity index (χ1v) is 7.65. The van der Waals surface area contributed by atoms with Crippen molar-refractivity contribution >= 4 is 5.84 Å². The molecule has 0 radical (unpaired) electrons. The van der Waals surface area contributed by atoms with E-state index in [0.29, 0.717) is 12.5 Å². The largest absolute Gasteiger partial charge is 0.409 e. The molecule has 0 aliphatic carbocycles. The predicted molar refractivity (Wildman–Crippen MR) is 85.5 cm³/mol. The number of nitrogens with one attached hydrogen (secondary N) is 1. The van der Waals surface area contributed by atoms with Gasteiger partial charge in [0.1, 0.15) is 5.84 Å². The van der Waals surface area contributed by atoms with Crippen LogP contribution in [0.3, 0.4) is 0 Å². The van der Waals surface area contributed by atoms with E-state index in [2.05, 4.69) is 34.6 Å². The van der Waals surface area contributed by atoms with Crippen LogP contribution in [0.5, 0.6) is 0 Å². The monoisotopic (exact) mass is 290 g/mol. The van der Waals surface area contributed by atoms with Crippen molar-refractivity contribution in [3.63, 3.8) is 0 Å². The molecular weight excluding hydrogens is 264 g/mol. The fourth-order valence-corrected chi connectivity index (χ4v) is 2.92. The van der Waals surface area contributed by atoms with E-state index in [0.717, 1.165) is 6.54 Å². The van der Waals surface area contributed by atoms with Crippen LogP contribution in [0.15, 0.2) is 35.5 Å². The minimum absolute atomic E-state index is 0.0810. The minimum Gasteiger partial charge on any atom is -0.409 e. The molecule has 1 fully saturated rings. The molecule has 1 aliphatic rings. The van der Waals surface area contributed by atoms with Crippen LogP contribution in [0, 0.1) is 0 Å². The van der Waals surface area contributed by atoms with E-state index >= 15 is 0 Å². The molecule has 0 spiro atoms. The summed E-state index contributed by atoms with van der Waals surface area (Å²) >= 11 is 0. The van der Waals surface area contributed by atoms with Gasteiger partial charge in [0.05, 0.1) is 0 Å². The molecule has 0 amide bonds. The van der Waals surface area contributed by atoms with Crippen LogP contribution >= 0.6 is 0 Å². The Morgan fingerprint density at radius 3 is 2.86 bits per heavy atom. The lowest BCUT2D eigenvalue weighted by Crippen LogP contribution is -2.44. The molecule has 4 N–H and O–H groups in total. The number of piperidine rings is 1. The number of hydrogen-bond acceptors (Lipinski definition) is 4. The maximum absolute atomic E-state index is 8.82. The highest BCUT2D eigenvalue weighted by Crippen LogP contribution is 2.19. The summed E-state index contributed by atoms with van der Waals surface area (Å²) in [4.78, 5) is 2.42. The number of hydrogen-bond donors (Lipinski definition) is 3. The van der Waals surface area contributed by atoms with Gasteiger partial charge >= 0.3 is 0 Å². The summed E-state index contributed by atoms with van der Waals surface area (Å²) in [6.45, 7) is 2.09. The van der Waals surface area contributed by atoms with Gasteiger partial charge in [-0.15, -0.1) is 0 Å². The second kappa shape index (κ2) is 8.00. The fraction of sp³-hybridized carbons (Fsp3) is 0.562. The molecule has 116 valence electrons. The molecule has 2 atom stereocenters.